The van der Waals surface area contributed by atoms with Crippen LogP contribution in [-0.2, 0) is 6.54 Å². The van der Waals surface area contributed by atoms with Crippen LogP contribution in [0.5, 0.6) is 0 Å². The second kappa shape index (κ2) is 7.77. The minimum atomic E-state index is -0.0229. The van der Waals surface area contributed by atoms with Crippen molar-refractivity contribution in [2.24, 2.45) is 5.10 Å². The number of aromatic nitrogens is 2. The summed E-state index contributed by atoms with van der Waals surface area (Å²) in [7, 11) is 0. The highest BCUT2D eigenvalue weighted by Gasteiger charge is 2.13. The third-order valence-electron chi connectivity index (χ3n) is 4.09. The molecule has 0 atom stereocenters. The largest absolute Gasteiger partial charge is 0.352 e. The number of hydrazone groups is 1. The highest BCUT2D eigenvalue weighted by molar-refractivity contribution is 5.94. The second-order valence-corrected chi connectivity index (χ2v) is 6.02. The van der Waals surface area contributed by atoms with Crippen molar-refractivity contribution in [3.8, 4) is 0 Å². The van der Waals surface area contributed by atoms with E-state index in [-0.39, 0.29) is 5.91 Å². The number of amides is 1. The van der Waals surface area contributed by atoms with Crippen LogP contribution in [0.3, 0.4) is 0 Å². The average Bonchev–Trinajstić information content (AvgIpc) is 3.26. The summed E-state index contributed by atoms with van der Waals surface area (Å²) in [5, 5.41) is 9.42. The zero-order chi connectivity index (χ0) is 16.8. The minimum absolute atomic E-state index is 0.0229. The zero-order valence-corrected chi connectivity index (χ0v) is 14.0. The van der Waals surface area contributed by atoms with E-state index >= 15 is 0 Å². The molecule has 0 saturated heterocycles. The molecule has 1 aliphatic rings. The SMILES string of the molecule is CC1=NN(c2ccc(C(=O)NCCCCn3ccnc3)cc2)CC1. The fourth-order valence-corrected chi connectivity index (χ4v) is 2.69. The third kappa shape index (κ3) is 4.22. The maximum absolute atomic E-state index is 12.2. The molecule has 2 heterocycles. The number of hydrogen-bond donors (Lipinski definition) is 1. The van der Waals surface area contributed by atoms with Crippen LogP contribution >= 0.6 is 0 Å². The summed E-state index contributed by atoms with van der Waals surface area (Å²) in [5.74, 6) is -0.0229. The van der Waals surface area contributed by atoms with Gasteiger partial charge in [0, 0.05) is 49.7 Å². The fraction of sp³-hybridized carbons (Fsp3) is 0.389. The lowest BCUT2D eigenvalue weighted by Crippen LogP contribution is -2.24. The van der Waals surface area contributed by atoms with E-state index in [1.807, 2.05) is 53.3 Å². The molecular weight excluding hydrogens is 302 g/mol. The Kier molecular flexibility index (Phi) is 5.25. The molecule has 0 unspecified atom stereocenters. The predicted molar refractivity (Wildman–Crippen MR) is 95.3 cm³/mol. The quantitative estimate of drug-likeness (QED) is 0.796. The van der Waals surface area contributed by atoms with Gasteiger partial charge in [-0.25, -0.2) is 4.98 Å². The Balaban J connectivity index is 1.41. The number of unbranched alkanes of at least 4 members (excludes halogenated alkanes) is 1. The van der Waals surface area contributed by atoms with Crippen LogP contribution in [-0.4, -0.2) is 34.3 Å². The summed E-state index contributed by atoms with van der Waals surface area (Å²) in [6.07, 6.45) is 8.51. The van der Waals surface area contributed by atoms with Crippen molar-refractivity contribution in [3.63, 3.8) is 0 Å². The summed E-state index contributed by atoms with van der Waals surface area (Å²) in [6, 6.07) is 7.63. The molecular formula is C18H23N5O. The van der Waals surface area contributed by atoms with Crippen molar-refractivity contribution < 1.29 is 4.79 Å². The lowest BCUT2D eigenvalue weighted by Gasteiger charge is -2.14. The van der Waals surface area contributed by atoms with Gasteiger partial charge in [0.1, 0.15) is 0 Å². The summed E-state index contributed by atoms with van der Waals surface area (Å²) in [6.45, 7) is 4.56. The molecule has 6 nitrogen and oxygen atoms in total. The smallest absolute Gasteiger partial charge is 0.251 e. The number of imidazole rings is 1. The van der Waals surface area contributed by atoms with Crippen LogP contribution in [0.2, 0.25) is 0 Å². The van der Waals surface area contributed by atoms with Gasteiger partial charge in [-0.3, -0.25) is 9.80 Å². The molecule has 3 rings (SSSR count). The van der Waals surface area contributed by atoms with Crippen LogP contribution in [0, 0.1) is 0 Å². The van der Waals surface area contributed by atoms with Crippen LogP contribution in [0.25, 0.3) is 0 Å². The van der Waals surface area contributed by atoms with Gasteiger partial charge in [0.2, 0.25) is 0 Å². The molecule has 1 N–H and O–H groups in total. The number of hydrogen-bond acceptors (Lipinski definition) is 4. The summed E-state index contributed by atoms with van der Waals surface area (Å²) in [5.41, 5.74) is 2.87. The lowest BCUT2D eigenvalue weighted by atomic mass is 10.2. The highest BCUT2D eigenvalue weighted by Crippen LogP contribution is 2.19. The first kappa shape index (κ1) is 16.2. The molecule has 1 aromatic heterocycles. The number of anilines is 1. The standard InChI is InChI=1S/C18H23N5O/c1-15-8-12-23(21-15)17-6-4-16(5-7-17)18(24)20-9-2-3-11-22-13-10-19-14-22/h4-7,10,13-14H,2-3,8-9,11-12H2,1H3,(H,20,24). The fourth-order valence-electron chi connectivity index (χ4n) is 2.69. The molecule has 0 fully saturated rings. The highest BCUT2D eigenvalue weighted by atomic mass is 16.1. The minimum Gasteiger partial charge on any atom is -0.352 e. The number of carbonyl (C=O) groups excluding carboxylic acids is 1. The van der Waals surface area contributed by atoms with E-state index in [1.165, 1.54) is 0 Å². The Morgan fingerprint density at radius 3 is 2.75 bits per heavy atom. The molecule has 24 heavy (non-hydrogen) atoms. The number of nitrogens with one attached hydrogen (secondary N) is 1. The van der Waals surface area contributed by atoms with Crippen LogP contribution < -0.4 is 10.3 Å². The van der Waals surface area contributed by atoms with Crippen LogP contribution in [0.4, 0.5) is 5.69 Å². The van der Waals surface area contributed by atoms with Gasteiger partial charge in [-0.15, -0.1) is 0 Å². The molecule has 0 spiro atoms. The van der Waals surface area contributed by atoms with Crippen molar-refractivity contribution in [1.82, 2.24) is 14.9 Å². The number of benzene rings is 1. The Morgan fingerprint density at radius 1 is 1.25 bits per heavy atom. The van der Waals surface area contributed by atoms with Crippen molar-refractivity contribution in [1.29, 1.82) is 0 Å². The van der Waals surface area contributed by atoms with Gasteiger partial charge in [-0.1, -0.05) is 0 Å². The first-order valence-electron chi connectivity index (χ1n) is 8.38. The van der Waals surface area contributed by atoms with E-state index in [1.54, 1.807) is 6.20 Å². The Hall–Kier alpha value is -2.63. The monoisotopic (exact) mass is 325 g/mol. The van der Waals surface area contributed by atoms with Gasteiger partial charge in [0.05, 0.1) is 12.0 Å². The molecule has 0 bridgehead atoms. The lowest BCUT2D eigenvalue weighted by molar-refractivity contribution is 0.0953. The molecule has 6 heteroatoms. The molecule has 2 aromatic rings. The van der Waals surface area contributed by atoms with E-state index < -0.39 is 0 Å². The first-order chi connectivity index (χ1) is 11.7. The Morgan fingerprint density at radius 2 is 2.08 bits per heavy atom. The third-order valence-corrected chi connectivity index (χ3v) is 4.09. The summed E-state index contributed by atoms with van der Waals surface area (Å²) in [4.78, 5) is 16.2. The van der Waals surface area contributed by atoms with E-state index in [0.29, 0.717) is 12.1 Å². The number of rotatable bonds is 7. The molecule has 1 aromatic carbocycles. The zero-order valence-electron chi connectivity index (χ0n) is 14.0. The molecule has 0 aliphatic carbocycles. The van der Waals surface area contributed by atoms with Crippen molar-refractivity contribution >= 4 is 17.3 Å². The molecule has 0 radical (unpaired) electrons. The van der Waals surface area contributed by atoms with E-state index in [2.05, 4.69) is 15.4 Å². The van der Waals surface area contributed by atoms with Gasteiger partial charge < -0.3 is 9.88 Å². The number of carbonyl (C=O) groups is 1. The second-order valence-electron chi connectivity index (χ2n) is 6.02. The van der Waals surface area contributed by atoms with Crippen LogP contribution in [0.15, 0.2) is 48.1 Å². The summed E-state index contributed by atoms with van der Waals surface area (Å²) >= 11 is 0. The van der Waals surface area contributed by atoms with E-state index in [4.69, 9.17) is 0 Å². The average molecular weight is 325 g/mol. The van der Waals surface area contributed by atoms with Gasteiger partial charge in [-0.05, 0) is 44.0 Å². The van der Waals surface area contributed by atoms with Gasteiger partial charge in [0.25, 0.3) is 5.91 Å². The van der Waals surface area contributed by atoms with Gasteiger partial charge in [-0.2, -0.15) is 5.10 Å². The Labute approximate surface area is 142 Å². The van der Waals surface area contributed by atoms with Crippen molar-refractivity contribution in [2.75, 3.05) is 18.1 Å². The topological polar surface area (TPSA) is 62.5 Å². The van der Waals surface area contributed by atoms with Crippen molar-refractivity contribution in [2.45, 2.75) is 32.7 Å². The normalized spacial score (nSPS) is 13.9. The molecule has 1 amide bonds. The maximum Gasteiger partial charge on any atom is 0.251 e. The summed E-state index contributed by atoms with van der Waals surface area (Å²) < 4.78 is 2.04. The van der Waals surface area contributed by atoms with Crippen LogP contribution in [0.1, 0.15) is 36.5 Å². The predicted octanol–water partition coefficient (Wildman–Crippen LogP) is 2.68. The number of aryl methyl sites for hydroxylation is 1. The number of nitrogens with zero attached hydrogens (tertiary/aromatic N) is 4. The maximum atomic E-state index is 12.2. The molecule has 0 saturated carbocycles. The van der Waals surface area contributed by atoms with Gasteiger partial charge in [0.15, 0.2) is 0 Å². The van der Waals surface area contributed by atoms with E-state index in [0.717, 1.165) is 43.8 Å². The molecule has 126 valence electrons. The van der Waals surface area contributed by atoms with Gasteiger partial charge >= 0.3 is 0 Å². The Bertz CT molecular complexity index is 691. The van der Waals surface area contributed by atoms with E-state index in [9.17, 15) is 4.79 Å². The first-order valence-corrected chi connectivity index (χ1v) is 8.38. The molecule has 1 aliphatic heterocycles. The van der Waals surface area contributed by atoms with Crippen molar-refractivity contribution in [3.05, 3.63) is 48.5 Å².